The highest BCUT2D eigenvalue weighted by molar-refractivity contribution is 7.91. The Balaban J connectivity index is 4.67. The first-order valence-electron chi connectivity index (χ1n) is 3.96. The van der Waals surface area contributed by atoms with Crippen LogP contribution in [-0.2, 0) is 10.0 Å². The zero-order chi connectivity index (χ0) is 10.2. The van der Waals surface area contributed by atoms with E-state index >= 15 is 0 Å². The minimum Gasteiger partial charge on any atom is -0.229 e. The van der Waals surface area contributed by atoms with Gasteiger partial charge in [0.25, 0.3) is 0 Å². The topological polar surface area (TPSA) is 60.2 Å². The van der Waals surface area contributed by atoms with Crippen molar-refractivity contribution in [1.29, 1.82) is 0 Å². The van der Waals surface area contributed by atoms with E-state index in [0.717, 1.165) is 0 Å². The Morgan fingerprint density at radius 2 is 1.58 bits per heavy atom. The molecular formula is C7H19NO2SSi. The predicted octanol–water partition coefficient (Wildman–Crippen LogP) is 1.32. The van der Waals surface area contributed by atoms with Gasteiger partial charge in [-0.05, 0) is 5.04 Å². The Morgan fingerprint density at radius 1 is 1.25 bits per heavy atom. The van der Waals surface area contributed by atoms with Crippen molar-refractivity contribution in [1.82, 2.24) is 0 Å². The van der Waals surface area contributed by atoms with Crippen molar-refractivity contribution < 1.29 is 8.42 Å². The van der Waals surface area contributed by atoms with Crippen LogP contribution < -0.4 is 5.14 Å². The maximum absolute atomic E-state index is 10.9. The molecule has 0 heterocycles. The molecule has 0 aliphatic heterocycles. The molecule has 0 amide bonds. The lowest BCUT2D eigenvalue weighted by Crippen LogP contribution is -2.46. The van der Waals surface area contributed by atoms with Crippen LogP contribution in [0.1, 0.15) is 20.8 Å². The number of primary sulfonamides is 1. The highest BCUT2D eigenvalue weighted by Gasteiger charge is 2.37. The Hall–Kier alpha value is 0.127. The molecule has 0 aromatic carbocycles. The lowest BCUT2D eigenvalue weighted by molar-refractivity contribution is 0.600. The molecule has 0 unspecified atom stereocenters. The van der Waals surface area contributed by atoms with E-state index in [1.54, 1.807) is 0 Å². The third-order valence-corrected chi connectivity index (χ3v) is 11.1. The van der Waals surface area contributed by atoms with Crippen molar-refractivity contribution in [3.8, 4) is 0 Å². The Kier molecular flexibility index (Phi) is 3.15. The molecule has 12 heavy (non-hydrogen) atoms. The van der Waals surface area contributed by atoms with Gasteiger partial charge in [-0.2, -0.15) is 0 Å². The highest BCUT2D eigenvalue weighted by Crippen LogP contribution is 2.36. The summed E-state index contributed by atoms with van der Waals surface area (Å²) in [6, 6.07) is 0. The van der Waals surface area contributed by atoms with Gasteiger partial charge < -0.3 is 0 Å². The number of rotatable bonds is 2. The van der Waals surface area contributed by atoms with Crippen LogP contribution in [0.3, 0.4) is 0 Å². The summed E-state index contributed by atoms with van der Waals surface area (Å²) in [7, 11) is -5.06. The molecule has 5 heteroatoms. The zero-order valence-corrected chi connectivity index (χ0v) is 10.3. The summed E-state index contributed by atoms with van der Waals surface area (Å²) >= 11 is 0. The quantitative estimate of drug-likeness (QED) is 0.697. The second-order valence-corrected chi connectivity index (χ2v) is 12.7. The first kappa shape index (κ1) is 12.1. The third-order valence-electron chi connectivity index (χ3n) is 2.59. The number of nitrogens with two attached hydrogens (primary N) is 1. The zero-order valence-electron chi connectivity index (χ0n) is 8.51. The van der Waals surface area contributed by atoms with Crippen LogP contribution in [0.2, 0.25) is 18.1 Å². The van der Waals surface area contributed by atoms with Crippen LogP contribution >= 0.6 is 0 Å². The monoisotopic (exact) mass is 209 g/mol. The molecule has 3 nitrogen and oxygen atoms in total. The maximum atomic E-state index is 10.9. The average molecular weight is 209 g/mol. The van der Waals surface area contributed by atoms with Gasteiger partial charge in [0.05, 0.1) is 13.5 Å². The van der Waals surface area contributed by atoms with Crippen molar-refractivity contribution in [2.24, 2.45) is 5.14 Å². The van der Waals surface area contributed by atoms with Crippen molar-refractivity contribution in [3.05, 3.63) is 0 Å². The summed E-state index contributed by atoms with van der Waals surface area (Å²) in [4.78, 5) is 0. The van der Waals surface area contributed by atoms with Crippen molar-refractivity contribution in [2.75, 3.05) is 5.38 Å². The predicted molar refractivity (Wildman–Crippen MR) is 55.2 cm³/mol. The Morgan fingerprint density at radius 3 is 1.67 bits per heavy atom. The Bertz CT molecular complexity index is 251. The first-order valence-corrected chi connectivity index (χ1v) is 8.88. The minimum absolute atomic E-state index is 0.0828. The minimum atomic E-state index is -3.30. The second kappa shape index (κ2) is 3.12. The number of hydrogen-bond donors (Lipinski definition) is 1. The molecule has 0 aliphatic carbocycles. The SMILES string of the molecule is CC(C)(C)[Si](C)(C)CS(N)(=O)=O. The standard InChI is InChI=1S/C7H19NO2SSi/c1-7(2,3)12(4,5)6-11(8,9)10/h6H2,1-5H3,(H2,8,9,10). The van der Waals surface area contributed by atoms with Gasteiger partial charge in [-0.3, -0.25) is 0 Å². The molecule has 0 fully saturated rings. The molecule has 0 saturated heterocycles. The van der Waals surface area contributed by atoms with Gasteiger partial charge in [0.1, 0.15) is 0 Å². The van der Waals surface area contributed by atoms with Crippen LogP contribution in [0.5, 0.6) is 0 Å². The van der Waals surface area contributed by atoms with Gasteiger partial charge in [-0.1, -0.05) is 33.9 Å². The van der Waals surface area contributed by atoms with E-state index < -0.39 is 18.1 Å². The molecule has 0 aromatic heterocycles. The highest BCUT2D eigenvalue weighted by atomic mass is 32.2. The van der Waals surface area contributed by atoms with E-state index in [-0.39, 0.29) is 10.4 Å². The summed E-state index contributed by atoms with van der Waals surface area (Å²) in [6.45, 7) is 10.3. The fourth-order valence-corrected chi connectivity index (χ4v) is 6.48. The molecule has 0 bridgehead atoms. The van der Waals surface area contributed by atoms with Gasteiger partial charge in [-0.15, -0.1) is 0 Å². The fourth-order valence-electron chi connectivity index (χ4n) is 0.719. The van der Waals surface area contributed by atoms with Gasteiger partial charge in [0.15, 0.2) is 0 Å². The third kappa shape index (κ3) is 3.69. The lowest BCUT2D eigenvalue weighted by atomic mass is 10.2. The second-order valence-electron chi connectivity index (χ2n) is 4.94. The van der Waals surface area contributed by atoms with E-state index in [4.69, 9.17) is 5.14 Å². The van der Waals surface area contributed by atoms with Crippen molar-refractivity contribution >= 4 is 18.1 Å². The summed E-state index contributed by atoms with van der Waals surface area (Å²) in [5, 5.41) is 5.28. The van der Waals surface area contributed by atoms with Gasteiger partial charge in [0.2, 0.25) is 10.0 Å². The average Bonchev–Trinajstić information content (AvgIpc) is 1.52. The van der Waals surface area contributed by atoms with Crippen molar-refractivity contribution in [3.63, 3.8) is 0 Å². The fraction of sp³-hybridized carbons (Fsp3) is 1.00. The molecule has 0 aromatic rings. The largest absolute Gasteiger partial charge is 0.229 e. The molecule has 0 radical (unpaired) electrons. The molecule has 2 N–H and O–H groups in total. The first-order chi connectivity index (χ1) is 4.96. The van der Waals surface area contributed by atoms with Crippen LogP contribution in [0.15, 0.2) is 0 Å². The van der Waals surface area contributed by atoms with E-state index in [1.165, 1.54) is 0 Å². The van der Waals surface area contributed by atoms with Gasteiger partial charge in [-0.25, -0.2) is 13.6 Å². The van der Waals surface area contributed by atoms with E-state index in [2.05, 4.69) is 33.9 Å². The summed E-state index contributed by atoms with van der Waals surface area (Å²) in [6.07, 6.45) is 0. The smallest absolute Gasteiger partial charge is 0.206 e. The van der Waals surface area contributed by atoms with E-state index in [9.17, 15) is 8.42 Å². The van der Waals surface area contributed by atoms with Crippen LogP contribution in [0.4, 0.5) is 0 Å². The number of hydrogen-bond acceptors (Lipinski definition) is 2. The van der Waals surface area contributed by atoms with Crippen LogP contribution in [0.25, 0.3) is 0 Å². The van der Waals surface area contributed by atoms with Crippen LogP contribution in [-0.4, -0.2) is 21.9 Å². The molecule has 0 atom stereocenters. The van der Waals surface area contributed by atoms with Gasteiger partial charge in [0, 0.05) is 0 Å². The summed E-state index contributed by atoms with van der Waals surface area (Å²) in [5.41, 5.74) is 0. The molecule has 0 rings (SSSR count). The normalized spacial score (nSPS) is 14.8. The maximum Gasteiger partial charge on any atom is 0.206 e. The summed E-state index contributed by atoms with van der Waals surface area (Å²) < 4.78 is 21.8. The molecular weight excluding hydrogens is 190 g/mol. The summed E-state index contributed by atoms with van der Waals surface area (Å²) in [5.74, 6) is 0. The van der Waals surface area contributed by atoms with Crippen LogP contribution in [0, 0.1) is 0 Å². The number of sulfonamides is 1. The molecule has 0 spiro atoms. The molecule has 0 saturated carbocycles. The van der Waals surface area contributed by atoms with E-state index in [0.29, 0.717) is 0 Å². The van der Waals surface area contributed by atoms with Crippen molar-refractivity contribution in [2.45, 2.75) is 38.9 Å². The molecule has 0 aliphatic rings. The van der Waals surface area contributed by atoms with Gasteiger partial charge >= 0.3 is 0 Å². The lowest BCUT2D eigenvalue weighted by Gasteiger charge is -2.35. The van der Waals surface area contributed by atoms with E-state index in [1.807, 2.05) is 0 Å². The molecule has 74 valence electrons. The Labute approximate surface area is 76.4 Å².